The van der Waals surface area contributed by atoms with E-state index in [0.717, 1.165) is 55.2 Å². The van der Waals surface area contributed by atoms with Gasteiger partial charge in [0.25, 0.3) is 5.91 Å². The van der Waals surface area contributed by atoms with Crippen LogP contribution in [0.4, 0.5) is 0 Å². The predicted molar refractivity (Wildman–Crippen MR) is 88.9 cm³/mol. The highest BCUT2D eigenvalue weighted by atomic mass is 32.2. The molecule has 1 N–H and O–H groups in total. The third-order valence-electron chi connectivity index (χ3n) is 4.18. The van der Waals surface area contributed by atoms with E-state index in [-0.39, 0.29) is 5.91 Å². The number of carbonyl (C=O) groups is 1. The molecule has 0 bridgehead atoms. The minimum atomic E-state index is -0.132. The molecular weight excluding hydrogens is 328 g/mol. The molecule has 2 aliphatic heterocycles. The zero-order valence-corrected chi connectivity index (χ0v) is 14.2. The summed E-state index contributed by atoms with van der Waals surface area (Å²) in [7, 11) is 0. The second kappa shape index (κ2) is 7.00. The van der Waals surface area contributed by atoms with Crippen LogP contribution in [-0.2, 0) is 24.4 Å². The summed E-state index contributed by atoms with van der Waals surface area (Å²) in [6.07, 6.45) is 3.53. The number of nitrogens with zero attached hydrogens (tertiary/aromatic N) is 3. The summed E-state index contributed by atoms with van der Waals surface area (Å²) >= 11 is 1.75. The maximum absolute atomic E-state index is 12.3. The summed E-state index contributed by atoms with van der Waals surface area (Å²) in [5, 5.41) is 3.94. The molecule has 0 saturated carbocycles. The predicted octanol–water partition coefficient (Wildman–Crippen LogP) is 1.34. The number of ether oxygens (including phenoxy) is 1. The average Bonchev–Trinajstić information content (AvgIpc) is 3.29. The Kier molecular flexibility index (Phi) is 4.59. The lowest BCUT2D eigenvalue weighted by Crippen LogP contribution is -2.35. The Morgan fingerprint density at radius 3 is 3.04 bits per heavy atom. The van der Waals surface area contributed by atoms with E-state index in [0.29, 0.717) is 18.7 Å². The van der Waals surface area contributed by atoms with Crippen LogP contribution in [0.3, 0.4) is 0 Å². The van der Waals surface area contributed by atoms with Gasteiger partial charge in [-0.2, -0.15) is 0 Å². The molecule has 0 atom stereocenters. The standard InChI is InChI=1S/C16H20N4O3S/c21-15(17-8-13-9-20-3-6-24-16(20)18-13)12-7-14(23-11-12)10-19-1-4-22-5-2-19/h7,9,11H,1-6,8,10H2,(H,17,21). The van der Waals surface area contributed by atoms with Gasteiger partial charge >= 0.3 is 0 Å². The molecule has 0 spiro atoms. The van der Waals surface area contributed by atoms with Crippen molar-refractivity contribution >= 4 is 17.7 Å². The smallest absolute Gasteiger partial charge is 0.254 e. The second-order valence-corrected chi connectivity index (χ2v) is 6.99. The summed E-state index contributed by atoms with van der Waals surface area (Å²) < 4.78 is 13.0. The highest BCUT2D eigenvalue weighted by Gasteiger charge is 2.17. The quantitative estimate of drug-likeness (QED) is 0.879. The van der Waals surface area contributed by atoms with E-state index in [1.54, 1.807) is 11.8 Å². The lowest BCUT2D eigenvalue weighted by molar-refractivity contribution is 0.0313. The number of hydrogen-bond acceptors (Lipinski definition) is 6. The molecule has 7 nitrogen and oxygen atoms in total. The molecule has 2 aromatic rings. The number of hydrogen-bond donors (Lipinski definition) is 1. The number of furan rings is 1. The first kappa shape index (κ1) is 15.7. The van der Waals surface area contributed by atoms with Crippen molar-refractivity contribution in [2.24, 2.45) is 0 Å². The van der Waals surface area contributed by atoms with Crippen molar-refractivity contribution < 1.29 is 13.9 Å². The summed E-state index contributed by atoms with van der Waals surface area (Å²) in [4.78, 5) is 19.0. The summed E-state index contributed by atoms with van der Waals surface area (Å²) in [5.74, 6) is 1.75. The Balaban J connectivity index is 1.31. The van der Waals surface area contributed by atoms with Gasteiger partial charge in [-0.1, -0.05) is 11.8 Å². The zero-order chi connectivity index (χ0) is 16.4. The van der Waals surface area contributed by atoms with E-state index < -0.39 is 0 Å². The normalized spacial score (nSPS) is 17.8. The average molecular weight is 348 g/mol. The number of rotatable bonds is 5. The maximum Gasteiger partial charge on any atom is 0.254 e. The number of nitrogens with one attached hydrogen (secondary N) is 1. The van der Waals surface area contributed by atoms with Crippen LogP contribution < -0.4 is 5.32 Å². The summed E-state index contributed by atoms with van der Waals surface area (Å²) in [6, 6.07) is 1.81. The molecule has 4 rings (SSSR count). The molecule has 2 aliphatic rings. The van der Waals surface area contributed by atoms with E-state index in [1.165, 1.54) is 6.26 Å². The Morgan fingerprint density at radius 1 is 1.33 bits per heavy atom. The minimum absolute atomic E-state index is 0.132. The molecule has 1 saturated heterocycles. The molecular formula is C16H20N4O3S. The van der Waals surface area contributed by atoms with Crippen LogP contribution in [-0.4, -0.2) is 52.4 Å². The van der Waals surface area contributed by atoms with Crippen molar-refractivity contribution in [1.82, 2.24) is 19.8 Å². The van der Waals surface area contributed by atoms with Gasteiger partial charge in [-0.3, -0.25) is 9.69 Å². The topological polar surface area (TPSA) is 72.5 Å². The Labute approximate surface area is 144 Å². The molecule has 24 heavy (non-hydrogen) atoms. The molecule has 128 valence electrons. The van der Waals surface area contributed by atoms with E-state index in [1.807, 2.05) is 12.3 Å². The van der Waals surface area contributed by atoms with E-state index in [2.05, 4.69) is 19.8 Å². The Morgan fingerprint density at radius 2 is 2.21 bits per heavy atom. The SMILES string of the molecule is O=C(NCc1cn2c(n1)SCC2)c1coc(CN2CCOCC2)c1. The van der Waals surface area contributed by atoms with Crippen molar-refractivity contribution in [1.29, 1.82) is 0 Å². The molecule has 8 heteroatoms. The summed E-state index contributed by atoms with van der Waals surface area (Å²) in [6.45, 7) is 5.43. The number of aromatic nitrogens is 2. The molecule has 1 amide bonds. The van der Waals surface area contributed by atoms with Gasteiger partial charge in [0.15, 0.2) is 5.16 Å². The van der Waals surface area contributed by atoms with Crippen molar-refractivity contribution in [3.05, 3.63) is 35.5 Å². The van der Waals surface area contributed by atoms with Crippen molar-refractivity contribution in [3.8, 4) is 0 Å². The number of morpholine rings is 1. The Bertz CT molecular complexity index is 699. The van der Waals surface area contributed by atoms with Gasteiger partial charge in [0.1, 0.15) is 12.0 Å². The highest BCUT2D eigenvalue weighted by Crippen LogP contribution is 2.24. The number of thioether (sulfide) groups is 1. The fraction of sp³-hybridized carbons (Fsp3) is 0.500. The van der Waals surface area contributed by atoms with Crippen LogP contribution in [0, 0.1) is 0 Å². The van der Waals surface area contributed by atoms with Gasteiger partial charge in [0.2, 0.25) is 0 Å². The first-order valence-corrected chi connectivity index (χ1v) is 9.11. The van der Waals surface area contributed by atoms with Crippen molar-refractivity contribution in [3.63, 3.8) is 0 Å². The van der Waals surface area contributed by atoms with Crippen LogP contribution in [0.5, 0.6) is 0 Å². The molecule has 0 radical (unpaired) electrons. The number of carbonyl (C=O) groups excluding carboxylic acids is 1. The molecule has 4 heterocycles. The number of fused-ring (bicyclic) bond motifs is 1. The second-order valence-electron chi connectivity index (χ2n) is 5.93. The van der Waals surface area contributed by atoms with Gasteiger partial charge in [-0.05, 0) is 6.07 Å². The first-order valence-electron chi connectivity index (χ1n) is 8.12. The number of amides is 1. The number of imidazole rings is 1. The van der Waals surface area contributed by atoms with Gasteiger partial charge < -0.3 is 19.0 Å². The zero-order valence-electron chi connectivity index (χ0n) is 13.4. The number of aryl methyl sites for hydroxylation is 1. The lowest BCUT2D eigenvalue weighted by atomic mass is 10.2. The largest absolute Gasteiger partial charge is 0.467 e. The molecule has 2 aromatic heterocycles. The maximum atomic E-state index is 12.3. The van der Waals surface area contributed by atoms with E-state index in [4.69, 9.17) is 9.15 Å². The van der Waals surface area contributed by atoms with Crippen molar-refractivity contribution in [2.45, 2.75) is 24.8 Å². The van der Waals surface area contributed by atoms with Gasteiger partial charge in [0.05, 0.1) is 37.6 Å². The Hall–Kier alpha value is -1.77. The highest BCUT2D eigenvalue weighted by molar-refractivity contribution is 7.99. The fourth-order valence-corrected chi connectivity index (χ4v) is 3.84. The van der Waals surface area contributed by atoms with Gasteiger partial charge in [-0.25, -0.2) is 4.98 Å². The molecule has 0 aliphatic carbocycles. The van der Waals surface area contributed by atoms with E-state index >= 15 is 0 Å². The summed E-state index contributed by atoms with van der Waals surface area (Å²) in [5.41, 5.74) is 1.45. The molecule has 0 unspecified atom stereocenters. The molecule has 0 aromatic carbocycles. The van der Waals surface area contributed by atoms with Gasteiger partial charge in [0, 0.05) is 31.6 Å². The van der Waals surface area contributed by atoms with Crippen LogP contribution in [0.1, 0.15) is 21.8 Å². The first-order chi connectivity index (χ1) is 11.8. The van der Waals surface area contributed by atoms with Gasteiger partial charge in [-0.15, -0.1) is 0 Å². The van der Waals surface area contributed by atoms with Crippen molar-refractivity contribution in [2.75, 3.05) is 32.1 Å². The van der Waals surface area contributed by atoms with Crippen LogP contribution in [0.2, 0.25) is 0 Å². The van der Waals surface area contributed by atoms with Crippen LogP contribution in [0.15, 0.2) is 28.1 Å². The van der Waals surface area contributed by atoms with E-state index in [9.17, 15) is 4.79 Å². The minimum Gasteiger partial charge on any atom is -0.467 e. The van der Waals surface area contributed by atoms with Crippen LogP contribution >= 0.6 is 11.8 Å². The third-order valence-corrected chi connectivity index (χ3v) is 5.15. The lowest BCUT2D eigenvalue weighted by Gasteiger charge is -2.25. The van der Waals surface area contributed by atoms with Crippen LogP contribution in [0.25, 0.3) is 0 Å². The molecule has 1 fully saturated rings. The third kappa shape index (κ3) is 3.50. The monoisotopic (exact) mass is 348 g/mol. The fourth-order valence-electron chi connectivity index (χ4n) is 2.88.